The van der Waals surface area contributed by atoms with Crippen LogP contribution in [0.3, 0.4) is 0 Å². The molecule has 0 aliphatic carbocycles. The minimum absolute atomic E-state index is 0.197. The SMILES string of the molecule is C=CC(=O)OCCOCCOCCOCCOCCOCCOCCOCCOCCOC(=O)CC. The van der Waals surface area contributed by atoms with Crippen molar-refractivity contribution in [2.75, 3.05) is 119 Å². The highest BCUT2D eigenvalue weighted by atomic mass is 16.6. The van der Waals surface area contributed by atoms with Crippen molar-refractivity contribution >= 4 is 11.9 Å². The molecule has 0 saturated carbocycles. The molecule has 0 amide bonds. The normalized spacial score (nSPS) is 10.9. The predicted octanol–water partition coefficient (Wildman–Crippen LogP) is 0.802. The fourth-order valence-electron chi connectivity index (χ4n) is 2.22. The van der Waals surface area contributed by atoms with Gasteiger partial charge in [-0.25, -0.2) is 4.79 Å². The summed E-state index contributed by atoms with van der Waals surface area (Å²) in [4.78, 5) is 21.7. The molecule has 0 aliphatic rings. The molecule has 12 nitrogen and oxygen atoms in total. The summed E-state index contributed by atoms with van der Waals surface area (Å²) in [6.07, 6.45) is 1.48. The molecule has 0 heterocycles. The van der Waals surface area contributed by atoms with Gasteiger partial charge in [0, 0.05) is 12.5 Å². The molecule has 0 aromatic carbocycles. The van der Waals surface area contributed by atoms with Crippen LogP contribution < -0.4 is 0 Å². The smallest absolute Gasteiger partial charge is 0.330 e. The van der Waals surface area contributed by atoms with Gasteiger partial charge in [-0.3, -0.25) is 4.79 Å². The van der Waals surface area contributed by atoms with E-state index in [1.807, 2.05) is 0 Å². The van der Waals surface area contributed by atoms with Crippen molar-refractivity contribution in [2.24, 2.45) is 0 Å². The number of carbonyl (C=O) groups excluding carboxylic acids is 2. The lowest BCUT2D eigenvalue weighted by Gasteiger charge is -2.09. The van der Waals surface area contributed by atoms with Crippen molar-refractivity contribution in [2.45, 2.75) is 13.3 Å². The van der Waals surface area contributed by atoms with Gasteiger partial charge in [-0.2, -0.15) is 0 Å². The molecule has 36 heavy (non-hydrogen) atoms. The molecule has 12 heteroatoms. The second-order valence-electron chi connectivity index (χ2n) is 6.84. The molecule has 212 valence electrons. The first-order valence-electron chi connectivity index (χ1n) is 12.3. The van der Waals surface area contributed by atoms with E-state index in [0.717, 1.165) is 6.08 Å². The van der Waals surface area contributed by atoms with Gasteiger partial charge in [0.05, 0.1) is 106 Å². The van der Waals surface area contributed by atoms with Crippen LogP contribution in [0, 0.1) is 0 Å². The third-order valence-electron chi connectivity index (χ3n) is 4.02. The highest BCUT2D eigenvalue weighted by Gasteiger charge is 1.98. The van der Waals surface area contributed by atoms with E-state index < -0.39 is 5.97 Å². The van der Waals surface area contributed by atoms with E-state index in [2.05, 4.69) is 6.58 Å². The fourth-order valence-corrected chi connectivity index (χ4v) is 2.22. The van der Waals surface area contributed by atoms with Gasteiger partial charge in [-0.15, -0.1) is 0 Å². The molecule has 0 N–H and O–H groups in total. The summed E-state index contributed by atoms with van der Waals surface area (Å²) in [5.74, 6) is -0.687. The number of rotatable bonds is 29. The van der Waals surface area contributed by atoms with Crippen molar-refractivity contribution in [1.82, 2.24) is 0 Å². The molecule has 0 unspecified atom stereocenters. The molecule has 0 radical (unpaired) electrons. The average molecular weight is 525 g/mol. The minimum Gasteiger partial charge on any atom is -0.463 e. The van der Waals surface area contributed by atoms with Gasteiger partial charge in [-0.1, -0.05) is 13.5 Å². The van der Waals surface area contributed by atoms with E-state index in [9.17, 15) is 9.59 Å². The lowest BCUT2D eigenvalue weighted by Crippen LogP contribution is -2.15. The van der Waals surface area contributed by atoms with E-state index in [-0.39, 0.29) is 19.2 Å². The number of hydrogen-bond acceptors (Lipinski definition) is 12. The van der Waals surface area contributed by atoms with E-state index in [1.54, 1.807) is 6.92 Å². The first-order chi connectivity index (χ1) is 17.7. The molecule has 0 aliphatic heterocycles. The Balaban J connectivity index is 3.06. The first kappa shape index (κ1) is 34.4. The molecule has 0 saturated heterocycles. The maximum atomic E-state index is 10.9. The molecule has 0 rings (SSSR count). The third kappa shape index (κ3) is 28.6. The fraction of sp³-hybridized carbons (Fsp3) is 0.833. The summed E-state index contributed by atoms with van der Waals surface area (Å²) in [5.41, 5.74) is 0. The van der Waals surface area contributed by atoms with E-state index in [4.69, 9.17) is 47.4 Å². The third-order valence-corrected chi connectivity index (χ3v) is 4.02. The Kier molecular flexibility index (Phi) is 28.2. The van der Waals surface area contributed by atoms with Crippen molar-refractivity contribution in [3.63, 3.8) is 0 Å². The zero-order valence-corrected chi connectivity index (χ0v) is 21.6. The summed E-state index contributed by atoms with van der Waals surface area (Å²) in [6.45, 7) is 12.8. The second kappa shape index (κ2) is 29.6. The molecule has 0 aromatic rings. The van der Waals surface area contributed by atoms with E-state index in [1.165, 1.54) is 0 Å². The Labute approximate surface area is 214 Å². The van der Waals surface area contributed by atoms with Crippen LogP contribution in [0.2, 0.25) is 0 Å². The summed E-state index contributed by atoms with van der Waals surface area (Å²) in [5, 5.41) is 0. The Bertz CT molecular complexity index is 503. The summed E-state index contributed by atoms with van der Waals surface area (Å²) in [6, 6.07) is 0. The zero-order valence-electron chi connectivity index (χ0n) is 21.6. The maximum absolute atomic E-state index is 10.9. The summed E-state index contributed by atoms with van der Waals surface area (Å²) in [7, 11) is 0. The average Bonchev–Trinajstić information content (AvgIpc) is 2.89. The molecule has 0 bridgehead atoms. The van der Waals surface area contributed by atoms with E-state index in [0.29, 0.717) is 112 Å². The molecule has 0 atom stereocenters. The van der Waals surface area contributed by atoms with Gasteiger partial charge in [0.2, 0.25) is 0 Å². The van der Waals surface area contributed by atoms with Gasteiger partial charge in [0.25, 0.3) is 0 Å². The lowest BCUT2D eigenvalue weighted by molar-refractivity contribution is -0.145. The first-order valence-corrected chi connectivity index (χ1v) is 12.3. The van der Waals surface area contributed by atoms with Crippen LogP contribution in [-0.4, -0.2) is 131 Å². The Morgan fingerprint density at radius 3 is 0.972 bits per heavy atom. The molecule has 0 fully saturated rings. The van der Waals surface area contributed by atoms with E-state index >= 15 is 0 Å². The molecule has 0 aromatic heterocycles. The Hall–Kier alpha value is -1.64. The second-order valence-corrected chi connectivity index (χ2v) is 6.84. The van der Waals surface area contributed by atoms with Crippen LogP contribution in [-0.2, 0) is 57.0 Å². The number of carbonyl (C=O) groups is 2. The van der Waals surface area contributed by atoms with Crippen LogP contribution in [0.15, 0.2) is 12.7 Å². The largest absolute Gasteiger partial charge is 0.463 e. The Morgan fingerprint density at radius 1 is 0.472 bits per heavy atom. The monoisotopic (exact) mass is 524 g/mol. The number of hydrogen-bond donors (Lipinski definition) is 0. The van der Waals surface area contributed by atoms with Crippen molar-refractivity contribution in [3.05, 3.63) is 12.7 Å². The minimum atomic E-state index is -0.461. The standard InChI is InChI=1S/C24H44O12/c1-3-23(25)35-21-19-33-17-15-31-13-11-29-9-7-27-5-6-28-8-10-30-12-14-32-16-18-34-20-22-36-24(26)4-2/h3H,1,4-22H2,2H3. The summed E-state index contributed by atoms with van der Waals surface area (Å²) < 4.78 is 52.5. The molecular formula is C24H44O12. The zero-order chi connectivity index (χ0) is 26.4. The van der Waals surface area contributed by atoms with Crippen molar-refractivity contribution in [1.29, 1.82) is 0 Å². The quantitative estimate of drug-likeness (QED) is 0.0780. The predicted molar refractivity (Wildman–Crippen MR) is 129 cm³/mol. The molecular weight excluding hydrogens is 480 g/mol. The van der Waals surface area contributed by atoms with Gasteiger partial charge < -0.3 is 47.4 Å². The highest BCUT2D eigenvalue weighted by molar-refractivity contribution is 5.81. The molecule has 0 spiro atoms. The van der Waals surface area contributed by atoms with Gasteiger partial charge in [0.1, 0.15) is 13.2 Å². The number of esters is 2. The van der Waals surface area contributed by atoms with Crippen molar-refractivity contribution < 1.29 is 57.0 Å². The van der Waals surface area contributed by atoms with Crippen LogP contribution in [0.25, 0.3) is 0 Å². The summed E-state index contributed by atoms with van der Waals surface area (Å²) >= 11 is 0. The van der Waals surface area contributed by atoms with Crippen molar-refractivity contribution in [3.8, 4) is 0 Å². The Morgan fingerprint density at radius 2 is 0.722 bits per heavy atom. The topological polar surface area (TPSA) is 126 Å². The van der Waals surface area contributed by atoms with Crippen LogP contribution in [0.4, 0.5) is 0 Å². The van der Waals surface area contributed by atoms with Gasteiger partial charge in [0.15, 0.2) is 0 Å². The number of ether oxygens (including phenoxy) is 10. The maximum Gasteiger partial charge on any atom is 0.330 e. The van der Waals surface area contributed by atoms with Gasteiger partial charge >= 0.3 is 11.9 Å². The van der Waals surface area contributed by atoms with Gasteiger partial charge in [-0.05, 0) is 0 Å². The highest BCUT2D eigenvalue weighted by Crippen LogP contribution is 1.88. The van der Waals surface area contributed by atoms with Crippen LogP contribution in [0.5, 0.6) is 0 Å². The van der Waals surface area contributed by atoms with Crippen LogP contribution >= 0.6 is 0 Å². The lowest BCUT2D eigenvalue weighted by atomic mass is 10.5. The van der Waals surface area contributed by atoms with Crippen LogP contribution in [0.1, 0.15) is 13.3 Å².